The minimum absolute atomic E-state index is 0.0118. The molecule has 2 rings (SSSR count). The van der Waals surface area contributed by atoms with Crippen molar-refractivity contribution in [2.24, 2.45) is 0 Å². The molecule has 120 valence electrons. The zero-order valence-corrected chi connectivity index (χ0v) is 14.2. The van der Waals surface area contributed by atoms with Crippen LogP contribution in [-0.2, 0) is 4.79 Å². The fourth-order valence-corrected chi connectivity index (χ4v) is 2.48. The van der Waals surface area contributed by atoms with Crippen molar-refractivity contribution in [2.45, 2.75) is 13.8 Å². The Morgan fingerprint density at radius 2 is 1.96 bits per heavy atom. The van der Waals surface area contributed by atoms with E-state index in [1.165, 1.54) is 18.2 Å². The van der Waals surface area contributed by atoms with Gasteiger partial charge in [0.25, 0.3) is 11.6 Å². The number of nitrogens with one attached hydrogen (secondary N) is 1. The van der Waals surface area contributed by atoms with Gasteiger partial charge in [-0.3, -0.25) is 14.9 Å². The normalized spacial score (nSPS) is 10.2. The van der Waals surface area contributed by atoms with Crippen LogP contribution in [0.3, 0.4) is 0 Å². The predicted octanol–water partition coefficient (Wildman–Crippen LogP) is 3.99. The number of aryl methyl sites for hydroxylation is 2. The standard InChI is InChI=1S/C16H15BrN2O4/c1-10-8-13(19(21)22)4-5-14(10)18-16(20)9-23-15-6-3-12(17)7-11(15)2/h3-8H,9H2,1-2H3,(H,18,20). The lowest BCUT2D eigenvalue weighted by Gasteiger charge is -2.11. The summed E-state index contributed by atoms with van der Waals surface area (Å²) in [6.45, 7) is 3.44. The van der Waals surface area contributed by atoms with Crippen molar-refractivity contribution in [3.05, 3.63) is 62.1 Å². The van der Waals surface area contributed by atoms with E-state index in [0.29, 0.717) is 17.0 Å². The Kier molecular flexibility index (Phi) is 5.33. The van der Waals surface area contributed by atoms with Crippen molar-refractivity contribution in [1.82, 2.24) is 0 Å². The summed E-state index contributed by atoms with van der Waals surface area (Å²) in [6, 6.07) is 9.78. The minimum atomic E-state index is -0.474. The Balaban J connectivity index is 1.98. The van der Waals surface area contributed by atoms with Crippen LogP contribution in [-0.4, -0.2) is 17.4 Å². The molecule has 0 aliphatic heterocycles. The quantitative estimate of drug-likeness (QED) is 0.629. The van der Waals surface area contributed by atoms with E-state index in [2.05, 4.69) is 21.2 Å². The van der Waals surface area contributed by atoms with Gasteiger partial charge < -0.3 is 10.1 Å². The highest BCUT2D eigenvalue weighted by molar-refractivity contribution is 9.10. The molecule has 0 unspecified atom stereocenters. The van der Waals surface area contributed by atoms with Crippen molar-refractivity contribution in [3.8, 4) is 5.75 Å². The third-order valence-electron chi connectivity index (χ3n) is 3.19. The number of benzene rings is 2. The molecule has 6 nitrogen and oxygen atoms in total. The minimum Gasteiger partial charge on any atom is -0.483 e. The fraction of sp³-hybridized carbons (Fsp3) is 0.188. The van der Waals surface area contributed by atoms with Gasteiger partial charge in [0, 0.05) is 22.3 Å². The van der Waals surface area contributed by atoms with Crippen molar-refractivity contribution in [1.29, 1.82) is 0 Å². The summed E-state index contributed by atoms with van der Waals surface area (Å²) in [5.74, 6) is 0.299. The molecule has 0 bridgehead atoms. The third kappa shape index (κ3) is 4.53. The van der Waals surface area contributed by atoms with Gasteiger partial charge in [0.05, 0.1) is 4.92 Å². The molecule has 0 saturated carbocycles. The number of halogens is 1. The maximum Gasteiger partial charge on any atom is 0.269 e. The largest absolute Gasteiger partial charge is 0.483 e. The van der Waals surface area contributed by atoms with Crippen LogP contribution in [0.1, 0.15) is 11.1 Å². The number of nitrogens with zero attached hydrogens (tertiary/aromatic N) is 1. The summed E-state index contributed by atoms with van der Waals surface area (Å²) in [5, 5.41) is 13.4. The van der Waals surface area contributed by atoms with Crippen molar-refractivity contribution < 1.29 is 14.5 Å². The van der Waals surface area contributed by atoms with Gasteiger partial charge in [0.2, 0.25) is 0 Å². The molecule has 7 heteroatoms. The van der Waals surface area contributed by atoms with E-state index in [1.807, 2.05) is 19.1 Å². The van der Waals surface area contributed by atoms with Crippen LogP contribution in [0.4, 0.5) is 11.4 Å². The number of hydrogen-bond acceptors (Lipinski definition) is 4. The second kappa shape index (κ2) is 7.23. The second-order valence-corrected chi connectivity index (χ2v) is 5.92. The zero-order valence-electron chi connectivity index (χ0n) is 12.6. The maximum atomic E-state index is 12.0. The Morgan fingerprint density at radius 3 is 2.57 bits per heavy atom. The highest BCUT2D eigenvalue weighted by atomic mass is 79.9. The second-order valence-electron chi connectivity index (χ2n) is 5.00. The molecule has 1 N–H and O–H groups in total. The molecular formula is C16H15BrN2O4. The first-order valence-electron chi connectivity index (χ1n) is 6.80. The van der Waals surface area contributed by atoms with Crippen LogP contribution in [0.25, 0.3) is 0 Å². The Labute approximate surface area is 141 Å². The molecule has 0 atom stereocenters. The number of carbonyl (C=O) groups excluding carboxylic acids is 1. The van der Waals surface area contributed by atoms with E-state index >= 15 is 0 Å². The molecular weight excluding hydrogens is 364 g/mol. The summed E-state index contributed by atoms with van der Waals surface area (Å²) in [4.78, 5) is 22.2. The van der Waals surface area contributed by atoms with Gasteiger partial charge in [-0.05, 0) is 49.2 Å². The van der Waals surface area contributed by atoms with E-state index in [9.17, 15) is 14.9 Å². The van der Waals surface area contributed by atoms with Crippen molar-refractivity contribution in [2.75, 3.05) is 11.9 Å². The monoisotopic (exact) mass is 378 g/mol. The van der Waals surface area contributed by atoms with E-state index in [4.69, 9.17) is 4.74 Å². The number of anilines is 1. The summed E-state index contributed by atoms with van der Waals surface area (Å²) in [7, 11) is 0. The predicted molar refractivity (Wildman–Crippen MR) is 90.8 cm³/mol. The maximum absolute atomic E-state index is 12.0. The summed E-state index contributed by atoms with van der Waals surface area (Å²) < 4.78 is 6.42. The number of non-ortho nitro benzene ring substituents is 1. The average molecular weight is 379 g/mol. The van der Waals surface area contributed by atoms with Crippen molar-refractivity contribution >= 4 is 33.2 Å². The van der Waals surface area contributed by atoms with Crippen molar-refractivity contribution in [3.63, 3.8) is 0 Å². The molecule has 0 radical (unpaired) electrons. The molecule has 23 heavy (non-hydrogen) atoms. The number of rotatable bonds is 5. The summed E-state index contributed by atoms with van der Waals surface area (Å²) in [6.07, 6.45) is 0. The molecule has 1 amide bonds. The molecule has 0 aliphatic carbocycles. The average Bonchev–Trinajstić information content (AvgIpc) is 2.48. The molecule has 2 aromatic carbocycles. The molecule has 0 saturated heterocycles. The summed E-state index contributed by atoms with van der Waals surface area (Å²) in [5.41, 5.74) is 2.05. The fourth-order valence-electron chi connectivity index (χ4n) is 2.01. The highest BCUT2D eigenvalue weighted by Gasteiger charge is 2.11. The Hall–Kier alpha value is -2.41. The van der Waals surface area contributed by atoms with E-state index in [-0.39, 0.29) is 18.2 Å². The van der Waals surface area contributed by atoms with Gasteiger partial charge >= 0.3 is 0 Å². The third-order valence-corrected chi connectivity index (χ3v) is 3.68. The first-order chi connectivity index (χ1) is 10.9. The highest BCUT2D eigenvalue weighted by Crippen LogP contribution is 2.23. The summed E-state index contributed by atoms with van der Waals surface area (Å²) >= 11 is 3.36. The topological polar surface area (TPSA) is 81.5 Å². The lowest BCUT2D eigenvalue weighted by molar-refractivity contribution is -0.384. The first kappa shape index (κ1) is 17.0. The smallest absolute Gasteiger partial charge is 0.269 e. The number of nitro benzene ring substituents is 1. The Morgan fingerprint density at radius 1 is 1.22 bits per heavy atom. The molecule has 0 spiro atoms. The number of hydrogen-bond donors (Lipinski definition) is 1. The zero-order chi connectivity index (χ0) is 17.0. The van der Waals surface area contributed by atoms with E-state index in [1.54, 1.807) is 13.0 Å². The van der Waals surface area contributed by atoms with Crippen LogP contribution in [0, 0.1) is 24.0 Å². The number of nitro groups is 1. The molecule has 0 fully saturated rings. The molecule has 2 aromatic rings. The molecule has 0 heterocycles. The van der Waals surface area contributed by atoms with Crippen LogP contribution < -0.4 is 10.1 Å². The molecule has 0 aromatic heterocycles. The van der Waals surface area contributed by atoms with Gasteiger partial charge in [-0.1, -0.05) is 15.9 Å². The number of carbonyl (C=O) groups is 1. The SMILES string of the molecule is Cc1cc([N+](=O)[O-])ccc1NC(=O)COc1ccc(Br)cc1C. The van der Waals surface area contributed by atoms with E-state index in [0.717, 1.165) is 10.0 Å². The van der Waals surface area contributed by atoms with Crippen LogP contribution in [0.5, 0.6) is 5.75 Å². The number of ether oxygens (including phenoxy) is 1. The van der Waals surface area contributed by atoms with Gasteiger partial charge in [-0.2, -0.15) is 0 Å². The van der Waals surface area contributed by atoms with Gasteiger partial charge in [-0.25, -0.2) is 0 Å². The van der Waals surface area contributed by atoms with Gasteiger partial charge in [0.1, 0.15) is 5.75 Å². The molecule has 0 aliphatic rings. The van der Waals surface area contributed by atoms with Crippen LogP contribution >= 0.6 is 15.9 Å². The van der Waals surface area contributed by atoms with Crippen LogP contribution in [0.15, 0.2) is 40.9 Å². The van der Waals surface area contributed by atoms with Gasteiger partial charge in [-0.15, -0.1) is 0 Å². The number of amides is 1. The lowest BCUT2D eigenvalue weighted by Crippen LogP contribution is -2.20. The van der Waals surface area contributed by atoms with Crippen LogP contribution in [0.2, 0.25) is 0 Å². The van der Waals surface area contributed by atoms with E-state index < -0.39 is 4.92 Å². The lowest BCUT2D eigenvalue weighted by atomic mass is 10.2. The Bertz CT molecular complexity index is 762. The van der Waals surface area contributed by atoms with Gasteiger partial charge in [0.15, 0.2) is 6.61 Å². The first-order valence-corrected chi connectivity index (χ1v) is 7.60.